The molecule has 15 heavy (non-hydrogen) atoms. The van der Waals surface area contributed by atoms with Crippen molar-refractivity contribution < 1.29 is 4.74 Å². The second-order valence-electron chi connectivity index (χ2n) is 3.82. The van der Waals surface area contributed by atoms with Gasteiger partial charge in [0.2, 0.25) is 5.88 Å². The third-order valence-electron chi connectivity index (χ3n) is 2.37. The number of ether oxygens (including phenoxy) is 1. The van der Waals surface area contributed by atoms with Crippen molar-refractivity contribution in [1.82, 2.24) is 9.97 Å². The van der Waals surface area contributed by atoms with Gasteiger partial charge in [0.25, 0.3) is 0 Å². The van der Waals surface area contributed by atoms with Crippen LogP contribution in [-0.2, 0) is 0 Å². The van der Waals surface area contributed by atoms with Crippen molar-refractivity contribution >= 4 is 5.82 Å². The lowest BCUT2D eigenvalue weighted by Gasteiger charge is -2.07. The largest absolute Gasteiger partial charge is 0.478 e. The molecule has 1 fully saturated rings. The summed E-state index contributed by atoms with van der Waals surface area (Å²) < 4.78 is 5.53. The summed E-state index contributed by atoms with van der Waals surface area (Å²) in [6.07, 6.45) is 3.42. The summed E-state index contributed by atoms with van der Waals surface area (Å²) in [5.74, 6) is 3.02. The molecule has 0 radical (unpaired) electrons. The zero-order valence-electron chi connectivity index (χ0n) is 9.29. The standard InChI is InChI=1S/C11H17N3O/c1-3-6-15-10-7-9(12-2)13-11(14-10)8-4-5-8/h7-8H,3-6H2,1-2H3,(H,12,13,14). The van der Waals surface area contributed by atoms with Crippen LogP contribution in [0.2, 0.25) is 0 Å². The van der Waals surface area contributed by atoms with E-state index in [1.807, 2.05) is 13.1 Å². The van der Waals surface area contributed by atoms with Gasteiger partial charge in [0.1, 0.15) is 11.6 Å². The minimum absolute atomic E-state index is 0.558. The number of anilines is 1. The molecule has 1 aromatic heterocycles. The fourth-order valence-corrected chi connectivity index (χ4v) is 1.38. The second-order valence-corrected chi connectivity index (χ2v) is 3.82. The van der Waals surface area contributed by atoms with Crippen molar-refractivity contribution in [3.05, 3.63) is 11.9 Å². The molecule has 1 aliphatic rings. The summed E-state index contributed by atoms with van der Waals surface area (Å²) in [6, 6.07) is 1.85. The van der Waals surface area contributed by atoms with E-state index < -0.39 is 0 Å². The average molecular weight is 207 g/mol. The van der Waals surface area contributed by atoms with E-state index >= 15 is 0 Å². The number of aromatic nitrogens is 2. The molecule has 1 heterocycles. The molecule has 82 valence electrons. The molecule has 0 unspecified atom stereocenters. The lowest BCUT2D eigenvalue weighted by Crippen LogP contribution is -2.03. The first-order valence-corrected chi connectivity index (χ1v) is 5.53. The predicted molar refractivity (Wildman–Crippen MR) is 59.3 cm³/mol. The van der Waals surface area contributed by atoms with E-state index in [-0.39, 0.29) is 0 Å². The van der Waals surface area contributed by atoms with E-state index in [0.717, 1.165) is 18.1 Å². The van der Waals surface area contributed by atoms with Crippen LogP contribution in [0.4, 0.5) is 5.82 Å². The van der Waals surface area contributed by atoms with Gasteiger partial charge >= 0.3 is 0 Å². The molecule has 0 amide bonds. The smallest absolute Gasteiger partial charge is 0.218 e. The van der Waals surface area contributed by atoms with Crippen LogP contribution in [-0.4, -0.2) is 23.6 Å². The summed E-state index contributed by atoms with van der Waals surface area (Å²) >= 11 is 0. The molecule has 0 bridgehead atoms. The van der Waals surface area contributed by atoms with Gasteiger partial charge < -0.3 is 10.1 Å². The van der Waals surface area contributed by atoms with Crippen molar-refractivity contribution in [1.29, 1.82) is 0 Å². The SMILES string of the molecule is CCCOc1cc(NC)nc(C2CC2)n1. The van der Waals surface area contributed by atoms with Gasteiger partial charge in [-0.25, -0.2) is 4.98 Å². The van der Waals surface area contributed by atoms with Crippen molar-refractivity contribution in [2.45, 2.75) is 32.1 Å². The van der Waals surface area contributed by atoms with Gasteiger partial charge in [-0.2, -0.15) is 4.98 Å². The number of hydrogen-bond donors (Lipinski definition) is 1. The van der Waals surface area contributed by atoms with E-state index in [9.17, 15) is 0 Å². The zero-order chi connectivity index (χ0) is 10.7. The van der Waals surface area contributed by atoms with E-state index in [1.54, 1.807) is 0 Å². The topological polar surface area (TPSA) is 47.0 Å². The summed E-state index contributed by atoms with van der Waals surface area (Å²) in [7, 11) is 1.86. The fourth-order valence-electron chi connectivity index (χ4n) is 1.38. The monoisotopic (exact) mass is 207 g/mol. The maximum atomic E-state index is 5.53. The first-order valence-electron chi connectivity index (χ1n) is 5.53. The minimum Gasteiger partial charge on any atom is -0.478 e. The molecule has 0 spiro atoms. The molecular formula is C11H17N3O. The third-order valence-corrected chi connectivity index (χ3v) is 2.37. The Morgan fingerprint density at radius 1 is 1.47 bits per heavy atom. The van der Waals surface area contributed by atoms with E-state index in [1.165, 1.54) is 12.8 Å². The van der Waals surface area contributed by atoms with Gasteiger partial charge in [0, 0.05) is 19.0 Å². The molecule has 0 saturated heterocycles. The molecule has 0 atom stereocenters. The van der Waals surface area contributed by atoms with Gasteiger partial charge in [0.15, 0.2) is 0 Å². The molecular weight excluding hydrogens is 190 g/mol. The number of hydrogen-bond acceptors (Lipinski definition) is 4. The van der Waals surface area contributed by atoms with Crippen molar-refractivity contribution in [2.75, 3.05) is 19.0 Å². The van der Waals surface area contributed by atoms with Crippen molar-refractivity contribution in [2.24, 2.45) is 0 Å². The van der Waals surface area contributed by atoms with Crippen LogP contribution in [0, 0.1) is 0 Å². The number of nitrogens with zero attached hydrogens (tertiary/aromatic N) is 2. The maximum absolute atomic E-state index is 5.53. The Kier molecular flexibility index (Phi) is 3.04. The molecule has 4 nitrogen and oxygen atoms in total. The highest BCUT2D eigenvalue weighted by molar-refractivity contribution is 5.38. The van der Waals surface area contributed by atoms with Crippen LogP contribution in [0.25, 0.3) is 0 Å². The van der Waals surface area contributed by atoms with E-state index in [4.69, 9.17) is 4.74 Å². The van der Waals surface area contributed by atoms with Crippen molar-refractivity contribution in [3.63, 3.8) is 0 Å². The molecule has 1 aromatic rings. The van der Waals surface area contributed by atoms with Gasteiger partial charge in [-0.1, -0.05) is 6.92 Å². The zero-order valence-corrected chi connectivity index (χ0v) is 9.29. The minimum atomic E-state index is 0.558. The summed E-state index contributed by atoms with van der Waals surface area (Å²) in [4.78, 5) is 8.83. The number of nitrogens with one attached hydrogen (secondary N) is 1. The molecule has 1 N–H and O–H groups in total. The van der Waals surface area contributed by atoms with E-state index in [0.29, 0.717) is 18.4 Å². The normalized spacial score (nSPS) is 15.1. The van der Waals surface area contributed by atoms with Gasteiger partial charge in [0.05, 0.1) is 6.61 Å². The average Bonchev–Trinajstić information content (AvgIpc) is 3.09. The Hall–Kier alpha value is -1.32. The second kappa shape index (κ2) is 4.47. The summed E-state index contributed by atoms with van der Waals surface area (Å²) in [5.41, 5.74) is 0. The molecule has 0 aromatic carbocycles. The Bertz CT molecular complexity index is 337. The molecule has 1 saturated carbocycles. The quantitative estimate of drug-likeness (QED) is 0.804. The molecule has 0 aliphatic heterocycles. The molecule has 2 rings (SSSR count). The lowest BCUT2D eigenvalue weighted by molar-refractivity contribution is 0.304. The Labute approximate surface area is 90.1 Å². The van der Waals surface area contributed by atoms with Crippen LogP contribution in [0.15, 0.2) is 6.07 Å². The third kappa shape index (κ3) is 2.58. The maximum Gasteiger partial charge on any atom is 0.218 e. The van der Waals surface area contributed by atoms with Crippen molar-refractivity contribution in [3.8, 4) is 5.88 Å². The van der Waals surface area contributed by atoms with Crippen LogP contribution in [0.3, 0.4) is 0 Å². The summed E-state index contributed by atoms with van der Waals surface area (Å²) in [5, 5.41) is 3.04. The highest BCUT2D eigenvalue weighted by Crippen LogP contribution is 2.39. The van der Waals surface area contributed by atoms with Gasteiger partial charge in [-0.15, -0.1) is 0 Å². The predicted octanol–water partition coefficient (Wildman–Crippen LogP) is 2.18. The highest BCUT2D eigenvalue weighted by atomic mass is 16.5. The Balaban J connectivity index is 2.16. The lowest BCUT2D eigenvalue weighted by atomic mass is 10.4. The molecule has 1 aliphatic carbocycles. The van der Waals surface area contributed by atoms with Crippen LogP contribution in [0.1, 0.15) is 37.9 Å². The highest BCUT2D eigenvalue weighted by Gasteiger charge is 2.27. The van der Waals surface area contributed by atoms with Crippen LogP contribution in [0.5, 0.6) is 5.88 Å². The summed E-state index contributed by atoms with van der Waals surface area (Å²) in [6.45, 7) is 2.80. The van der Waals surface area contributed by atoms with Gasteiger partial charge in [-0.3, -0.25) is 0 Å². The number of rotatable bonds is 5. The fraction of sp³-hybridized carbons (Fsp3) is 0.636. The van der Waals surface area contributed by atoms with Crippen LogP contribution >= 0.6 is 0 Å². The molecule has 4 heteroatoms. The first kappa shape index (κ1) is 10.2. The Morgan fingerprint density at radius 2 is 2.27 bits per heavy atom. The van der Waals surface area contributed by atoms with Crippen LogP contribution < -0.4 is 10.1 Å². The first-order chi connectivity index (χ1) is 7.33. The van der Waals surface area contributed by atoms with Gasteiger partial charge in [-0.05, 0) is 19.3 Å². The van der Waals surface area contributed by atoms with E-state index in [2.05, 4.69) is 22.2 Å². The Morgan fingerprint density at radius 3 is 2.87 bits per heavy atom.